The van der Waals surface area contributed by atoms with Gasteiger partial charge in [0.15, 0.2) is 9.84 Å². The Balaban J connectivity index is 1.31. The number of aromatic nitrogens is 2. The summed E-state index contributed by atoms with van der Waals surface area (Å²) < 4.78 is 25.1. The highest BCUT2D eigenvalue weighted by Crippen LogP contribution is 2.10. The lowest BCUT2D eigenvalue weighted by Gasteiger charge is -2.34. The first kappa shape index (κ1) is 18.9. The van der Waals surface area contributed by atoms with E-state index < -0.39 is 9.84 Å². The van der Waals surface area contributed by atoms with Crippen LogP contribution in [0.5, 0.6) is 0 Å². The van der Waals surface area contributed by atoms with Gasteiger partial charge in [0.1, 0.15) is 11.8 Å². The van der Waals surface area contributed by atoms with Crippen LogP contribution in [0.15, 0.2) is 48.8 Å². The van der Waals surface area contributed by atoms with Crippen LogP contribution in [0, 0.1) is 0 Å². The molecule has 0 unspecified atom stereocenters. The Morgan fingerprint density at radius 1 is 1.18 bits per heavy atom. The number of benzene rings is 1. The third kappa shape index (κ3) is 4.34. The monoisotopic (exact) mass is 401 g/mol. The summed E-state index contributed by atoms with van der Waals surface area (Å²) in [5.74, 6) is 0.593. The van der Waals surface area contributed by atoms with E-state index in [4.69, 9.17) is 0 Å². The van der Waals surface area contributed by atoms with Crippen molar-refractivity contribution < 1.29 is 18.1 Å². The molecule has 8 heteroatoms. The minimum atomic E-state index is -2.85. The summed E-state index contributed by atoms with van der Waals surface area (Å²) >= 11 is 0. The maximum Gasteiger partial charge on any atom is 0.246 e. The number of hydrogen-bond donors (Lipinski definition) is 1. The standard InChI is InChI=1S/C20H24N4O3S/c25-20(7-6-17-14-21-24(15-17)18-4-2-1-3-5-18)23-11-9-22(10-12-23)19-8-13-28(26,27)16-19/h1-7,14-15,19H,8-13,16H2/p+1/b7-6+/t19-/m1/s1. The van der Waals surface area contributed by atoms with E-state index in [-0.39, 0.29) is 11.9 Å². The van der Waals surface area contributed by atoms with E-state index in [9.17, 15) is 13.2 Å². The van der Waals surface area contributed by atoms with Crippen molar-refractivity contribution in [3.05, 3.63) is 54.4 Å². The topological polar surface area (TPSA) is 76.7 Å². The van der Waals surface area contributed by atoms with E-state index >= 15 is 0 Å². The van der Waals surface area contributed by atoms with Crippen LogP contribution >= 0.6 is 0 Å². The number of nitrogens with one attached hydrogen (secondary N) is 1. The predicted molar refractivity (Wildman–Crippen MR) is 107 cm³/mol. The minimum Gasteiger partial charge on any atom is -0.329 e. The van der Waals surface area contributed by atoms with Crippen LogP contribution in [0.3, 0.4) is 0 Å². The molecule has 1 aromatic carbocycles. The van der Waals surface area contributed by atoms with E-state index in [2.05, 4.69) is 5.10 Å². The highest BCUT2D eigenvalue weighted by molar-refractivity contribution is 7.91. The molecule has 28 heavy (non-hydrogen) atoms. The molecule has 2 aliphatic rings. The molecule has 2 aliphatic heterocycles. The lowest BCUT2D eigenvalue weighted by molar-refractivity contribution is -0.925. The van der Waals surface area contributed by atoms with Gasteiger partial charge in [-0.15, -0.1) is 0 Å². The van der Waals surface area contributed by atoms with Gasteiger partial charge in [0.05, 0.1) is 43.8 Å². The van der Waals surface area contributed by atoms with Gasteiger partial charge in [-0.1, -0.05) is 18.2 Å². The van der Waals surface area contributed by atoms with E-state index in [0.29, 0.717) is 24.6 Å². The SMILES string of the molecule is O=C(/C=C/c1cnn(-c2ccccc2)c1)N1CC[NH+]([C@@H]2CCS(=O)(=O)C2)CC1. The Labute approximate surface area is 165 Å². The van der Waals surface area contributed by atoms with Crippen LogP contribution in [0.1, 0.15) is 12.0 Å². The van der Waals surface area contributed by atoms with Gasteiger partial charge in [-0.05, 0) is 18.2 Å². The van der Waals surface area contributed by atoms with Gasteiger partial charge in [-0.2, -0.15) is 5.10 Å². The average Bonchev–Trinajstić information content (AvgIpc) is 3.33. The van der Waals surface area contributed by atoms with Gasteiger partial charge in [0, 0.05) is 24.3 Å². The van der Waals surface area contributed by atoms with Crippen molar-refractivity contribution in [2.45, 2.75) is 12.5 Å². The van der Waals surface area contributed by atoms with E-state index in [1.807, 2.05) is 41.4 Å². The lowest BCUT2D eigenvalue weighted by Crippen LogP contribution is -3.18. The van der Waals surface area contributed by atoms with Crippen molar-refractivity contribution in [3.63, 3.8) is 0 Å². The van der Waals surface area contributed by atoms with Gasteiger partial charge < -0.3 is 9.80 Å². The van der Waals surface area contributed by atoms with Crippen LogP contribution < -0.4 is 4.90 Å². The molecule has 3 heterocycles. The van der Waals surface area contributed by atoms with Crippen molar-refractivity contribution >= 4 is 21.8 Å². The summed E-state index contributed by atoms with van der Waals surface area (Å²) in [5.41, 5.74) is 1.85. The molecule has 1 N–H and O–H groups in total. The average molecular weight is 402 g/mol. The number of hydrogen-bond acceptors (Lipinski definition) is 4. The van der Waals surface area contributed by atoms with Crippen LogP contribution in [0.2, 0.25) is 0 Å². The van der Waals surface area contributed by atoms with E-state index in [1.54, 1.807) is 23.0 Å². The van der Waals surface area contributed by atoms with Gasteiger partial charge in [-0.25, -0.2) is 13.1 Å². The molecule has 4 rings (SSSR count). The number of carbonyl (C=O) groups excluding carboxylic acids is 1. The van der Waals surface area contributed by atoms with Gasteiger partial charge in [0.25, 0.3) is 0 Å². The molecule has 0 spiro atoms. The molecule has 0 radical (unpaired) electrons. The maximum atomic E-state index is 12.5. The maximum absolute atomic E-state index is 12.5. The molecule has 0 saturated carbocycles. The largest absolute Gasteiger partial charge is 0.329 e. The summed E-state index contributed by atoms with van der Waals surface area (Å²) in [4.78, 5) is 15.6. The Bertz CT molecular complexity index is 960. The predicted octanol–water partition coefficient (Wildman–Crippen LogP) is -0.200. The van der Waals surface area contributed by atoms with Crippen LogP contribution in [-0.2, 0) is 14.6 Å². The highest BCUT2D eigenvalue weighted by Gasteiger charge is 2.37. The Hall–Kier alpha value is -2.45. The molecular formula is C20H25N4O3S+. The van der Waals surface area contributed by atoms with Gasteiger partial charge >= 0.3 is 0 Å². The highest BCUT2D eigenvalue weighted by atomic mass is 32.2. The van der Waals surface area contributed by atoms with Crippen molar-refractivity contribution in [2.75, 3.05) is 37.7 Å². The minimum absolute atomic E-state index is 0.00875. The van der Waals surface area contributed by atoms with Crippen molar-refractivity contribution in [2.24, 2.45) is 0 Å². The quantitative estimate of drug-likeness (QED) is 0.720. The Morgan fingerprint density at radius 3 is 2.61 bits per heavy atom. The van der Waals surface area contributed by atoms with E-state index in [1.165, 1.54) is 4.90 Å². The first-order valence-corrected chi connectivity index (χ1v) is 11.4. The summed E-state index contributed by atoms with van der Waals surface area (Å²) in [5, 5.41) is 4.33. The molecule has 2 saturated heterocycles. The third-order valence-corrected chi connectivity index (χ3v) is 7.34. The first-order valence-electron chi connectivity index (χ1n) is 9.62. The molecule has 1 aromatic heterocycles. The second kappa shape index (κ2) is 7.89. The van der Waals surface area contributed by atoms with Crippen molar-refractivity contribution in [3.8, 4) is 5.69 Å². The fraction of sp³-hybridized carbons (Fsp3) is 0.400. The molecule has 148 valence electrons. The molecule has 2 aromatic rings. The number of carbonyl (C=O) groups is 1. The zero-order valence-electron chi connectivity index (χ0n) is 15.7. The second-order valence-electron chi connectivity index (χ2n) is 7.47. The smallest absolute Gasteiger partial charge is 0.246 e. The summed E-state index contributed by atoms with van der Waals surface area (Å²) in [6.45, 7) is 2.95. The number of quaternary nitrogens is 1. The Morgan fingerprint density at radius 2 is 1.93 bits per heavy atom. The number of amides is 1. The summed E-state index contributed by atoms with van der Waals surface area (Å²) in [7, 11) is -2.85. The second-order valence-corrected chi connectivity index (χ2v) is 9.70. The van der Waals surface area contributed by atoms with Gasteiger partial charge in [0.2, 0.25) is 5.91 Å². The van der Waals surface area contributed by atoms with Gasteiger partial charge in [-0.3, -0.25) is 4.79 Å². The molecule has 7 nitrogen and oxygen atoms in total. The molecule has 2 fully saturated rings. The number of sulfone groups is 1. The zero-order valence-corrected chi connectivity index (χ0v) is 16.5. The number of rotatable bonds is 4. The number of para-hydroxylation sites is 1. The summed E-state index contributed by atoms with van der Waals surface area (Å²) in [6, 6.07) is 10.0. The van der Waals surface area contributed by atoms with Crippen LogP contribution in [0.25, 0.3) is 11.8 Å². The molecular weight excluding hydrogens is 376 g/mol. The van der Waals surface area contributed by atoms with Crippen molar-refractivity contribution in [1.29, 1.82) is 0 Å². The Kier molecular flexibility index (Phi) is 5.32. The molecule has 1 atom stereocenters. The first-order chi connectivity index (χ1) is 13.5. The fourth-order valence-corrected chi connectivity index (χ4v) is 5.78. The molecule has 1 amide bonds. The molecule has 0 bridgehead atoms. The van der Waals surface area contributed by atoms with Crippen LogP contribution in [0.4, 0.5) is 0 Å². The fourth-order valence-electron chi connectivity index (χ4n) is 3.96. The van der Waals surface area contributed by atoms with Crippen molar-refractivity contribution in [1.82, 2.24) is 14.7 Å². The normalized spacial score (nSPS) is 22.7. The van der Waals surface area contributed by atoms with E-state index in [0.717, 1.165) is 30.8 Å². The number of nitrogens with zero attached hydrogens (tertiary/aromatic N) is 3. The van der Waals surface area contributed by atoms with Crippen LogP contribution in [-0.4, -0.2) is 72.7 Å². The zero-order chi connectivity index (χ0) is 19.6. The number of piperazine rings is 1. The lowest BCUT2D eigenvalue weighted by atomic mass is 10.2. The summed E-state index contributed by atoms with van der Waals surface area (Å²) in [6.07, 6.45) is 7.76. The third-order valence-electron chi connectivity index (χ3n) is 5.57. The molecule has 0 aliphatic carbocycles.